The first-order valence-electron chi connectivity index (χ1n) is 12.0. The fraction of sp³-hybridized carbons (Fsp3) is 0.179. The van der Waals surface area contributed by atoms with Crippen LogP contribution in [0.15, 0.2) is 79.3 Å². The number of carbonyl (C=O) groups excluding carboxylic acids is 1. The van der Waals surface area contributed by atoms with Gasteiger partial charge < -0.3 is 20.7 Å². The summed E-state index contributed by atoms with van der Waals surface area (Å²) < 4.78 is 6.78. The second-order valence-electron chi connectivity index (χ2n) is 8.83. The van der Waals surface area contributed by atoms with Crippen LogP contribution in [0.1, 0.15) is 24.1 Å². The van der Waals surface area contributed by atoms with Crippen molar-refractivity contribution in [2.24, 2.45) is 5.41 Å². The number of hydrogen-bond donors (Lipinski definition) is 3. The average molecular weight is 617 g/mol. The van der Waals surface area contributed by atoms with Gasteiger partial charge in [-0.3, -0.25) is 9.78 Å². The van der Waals surface area contributed by atoms with Gasteiger partial charge in [-0.1, -0.05) is 34.7 Å². The molecule has 0 spiro atoms. The van der Waals surface area contributed by atoms with Crippen molar-refractivity contribution in [1.82, 2.24) is 15.0 Å². The SMILES string of the molecule is N#CC1(C(=O)Nc2cccc(Nc3cc(Nc4ccc(OCc5ccccn5)c(CI)c4)ncn3)c2)CC1. The molecule has 2 aromatic carbocycles. The van der Waals surface area contributed by atoms with Crippen LogP contribution in [0.4, 0.5) is 28.7 Å². The predicted molar refractivity (Wildman–Crippen MR) is 154 cm³/mol. The summed E-state index contributed by atoms with van der Waals surface area (Å²) in [5.74, 6) is 1.77. The van der Waals surface area contributed by atoms with Crippen molar-refractivity contribution in [3.63, 3.8) is 0 Å². The minimum atomic E-state index is -0.878. The van der Waals surface area contributed by atoms with E-state index in [0.717, 1.165) is 32.8 Å². The standard InChI is InChI=1S/C28H24IN7O2/c29-15-19-12-22(7-8-24(19)38-16-23-4-1-2-11-31-23)35-26-14-25(32-18-33-26)34-20-5-3-6-21(13-20)36-27(37)28(17-30)9-10-28/h1-8,11-14,18H,9-10,15-16H2,(H,36,37)(H2,32,33,34,35). The molecule has 38 heavy (non-hydrogen) atoms. The van der Waals surface area contributed by atoms with Crippen LogP contribution in [-0.2, 0) is 15.8 Å². The number of nitriles is 1. The zero-order valence-corrected chi connectivity index (χ0v) is 22.5. The van der Waals surface area contributed by atoms with Crippen molar-refractivity contribution in [3.8, 4) is 11.8 Å². The van der Waals surface area contributed by atoms with Crippen molar-refractivity contribution in [1.29, 1.82) is 5.26 Å². The largest absolute Gasteiger partial charge is 0.487 e. The lowest BCUT2D eigenvalue weighted by Gasteiger charge is -2.13. The molecule has 4 aromatic rings. The zero-order valence-electron chi connectivity index (χ0n) is 20.3. The number of anilines is 5. The molecule has 0 radical (unpaired) electrons. The minimum Gasteiger partial charge on any atom is -0.487 e. The summed E-state index contributed by atoms with van der Waals surface area (Å²) in [5.41, 5.74) is 3.29. The molecule has 1 saturated carbocycles. The zero-order chi connectivity index (χ0) is 26.4. The Labute approximate surface area is 233 Å². The van der Waals surface area contributed by atoms with E-state index in [0.29, 0.717) is 36.8 Å². The van der Waals surface area contributed by atoms with Gasteiger partial charge in [0.2, 0.25) is 5.91 Å². The maximum atomic E-state index is 12.4. The molecule has 10 heteroatoms. The van der Waals surface area contributed by atoms with Gasteiger partial charge in [0.25, 0.3) is 0 Å². The van der Waals surface area contributed by atoms with E-state index in [1.807, 2.05) is 48.5 Å². The van der Waals surface area contributed by atoms with Gasteiger partial charge in [-0.2, -0.15) is 5.26 Å². The minimum absolute atomic E-state index is 0.260. The molecular formula is C28H24IN7O2. The Kier molecular flexibility index (Phi) is 7.65. The number of aromatic nitrogens is 3. The molecule has 2 heterocycles. The number of hydrogen-bond acceptors (Lipinski definition) is 8. The molecule has 0 saturated heterocycles. The Morgan fingerprint density at radius 2 is 1.71 bits per heavy atom. The highest BCUT2D eigenvalue weighted by atomic mass is 127. The van der Waals surface area contributed by atoms with Gasteiger partial charge in [0.1, 0.15) is 35.7 Å². The first-order chi connectivity index (χ1) is 18.6. The summed E-state index contributed by atoms with van der Waals surface area (Å²) in [4.78, 5) is 25.3. The molecule has 1 fully saturated rings. The van der Waals surface area contributed by atoms with E-state index in [2.05, 4.69) is 59.6 Å². The third-order valence-corrected chi connectivity index (χ3v) is 6.86. The number of rotatable bonds is 10. The van der Waals surface area contributed by atoms with E-state index in [4.69, 9.17) is 4.74 Å². The van der Waals surface area contributed by atoms with Crippen LogP contribution in [-0.4, -0.2) is 20.9 Å². The summed E-state index contributed by atoms with van der Waals surface area (Å²) in [6, 6.07) is 22.9. The van der Waals surface area contributed by atoms with E-state index >= 15 is 0 Å². The third-order valence-electron chi connectivity index (χ3n) is 6.04. The molecule has 2 aromatic heterocycles. The molecule has 0 bridgehead atoms. The number of pyridine rings is 1. The number of carbonyl (C=O) groups is 1. The van der Waals surface area contributed by atoms with Crippen molar-refractivity contribution in [2.45, 2.75) is 23.9 Å². The van der Waals surface area contributed by atoms with Gasteiger partial charge in [0, 0.05) is 39.3 Å². The van der Waals surface area contributed by atoms with Gasteiger partial charge >= 0.3 is 0 Å². The Balaban J connectivity index is 1.23. The molecule has 0 aliphatic heterocycles. The van der Waals surface area contributed by atoms with Gasteiger partial charge in [0.15, 0.2) is 0 Å². The number of ether oxygens (including phenoxy) is 1. The first-order valence-corrected chi connectivity index (χ1v) is 13.5. The molecule has 0 unspecified atom stereocenters. The molecule has 1 aliphatic rings. The third kappa shape index (κ3) is 6.18. The monoisotopic (exact) mass is 617 g/mol. The van der Waals surface area contributed by atoms with Crippen molar-refractivity contribution >= 4 is 57.2 Å². The summed E-state index contributed by atoms with van der Waals surface area (Å²) >= 11 is 2.32. The van der Waals surface area contributed by atoms with Gasteiger partial charge in [-0.15, -0.1) is 0 Å². The highest BCUT2D eigenvalue weighted by Gasteiger charge is 2.50. The molecule has 3 N–H and O–H groups in total. The molecular weight excluding hydrogens is 593 g/mol. The van der Waals surface area contributed by atoms with Crippen LogP contribution >= 0.6 is 22.6 Å². The van der Waals surface area contributed by atoms with Crippen LogP contribution in [0.5, 0.6) is 5.75 Å². The Hall–Kier alpha value is -4.24. The van der Waals surface area contributed by atoms with E-state index in [1.165, 1.54) is 6.33 Å². The normalized spacial score (nSPS) is 13.2. The van der Waals surface area contributed by atoms with Crippen molar-refractivity contribution < 1.29 is 9.53 Å². The number of amides is 1. The summed E-state index contributed by atoms with van der Waals surface area (Å²) in [7, 11) is 0. The second kappa shape index (κ2) is 11.4. The smallest absolute Gasteiger partial charge is 0.244 e. The molecule has 5 rings (SSSR count). The molecule has 9 nitrogen and oxygen atoms in total. The number of nitrogens with zero attached hydrogens (tertiary/aromatic N) is 4. The summed E-state index contributed by atoms with van der Waals surface area (Å²) in [5, 5.41) is 18.6. The van der Waals surface area contributed by atoms with Gasteiger partial charge in [-0.25, -0.2) is 9.97 Å². The van der Waals surface area contributed by atoms with Crippen molar-refractivity contribution in [2.75, 3.05) is 16.0 Å². The maximum absolute atomic E-state index is 12.4. The van der Waals surface area contributed by atoms with Gasteiger partial charge in [-0.05, 0) is 61.4 Å². The van der Waals surface area contributed by atoms with Crippen LogP contribution < -0.4 is 20.7 Å². The lowest BCUT2D eigenvalue weighted by atomic mass is 10.1. The van der Waals surface area contributed by atoms with Crippen LogP contribution in [0.25, 0.3) is 0 Å². The van der Waals surface area contributed by atoms with E-state index in [1.54, 1.807) is 24.4 Å². The predicted octanol–water partition coefficient (Wildman–Crippen LogP) is 6.12. The van der Waals surface area contributed by atoms with E-state index < -0.39 is 5.41 Å². The van der Waals surface area contributed by atoms with Gasteiger partial charge in [0.05, 0.1) is 11.8 Å². The molecule has 1 amide bonds. The Morgan fingerprint density at radius 3 is 2.39 bits per heavy atom. The Bertz CT molecular complexity index is 1490. The fourth-order valence-electron chi connectivity index (χ4n) is 3.77. The lowest BCUT2D eigenvalue weighted by molar-refractivity contribution is -0.119. The number of benzene rings is 2. The first kappa shape index (κ1) is 25.4. The second-order valence-corrected chi connectivity index (χ2v) is 9.60. The summed E-state index contributed by atoms with van der Waals surface area (Å²) in [6.45, 7) is 0.405. The van der Waals surface area contributed by atoms with Crippen molar-refractivity contribution in [3.05, 3.63) is 90.5 Å². The number of alkyl halides is 1. The van der Waals surface area contributed by atoms with Crippen LogP contribution in [0.2, 0.25) is 0 Å². The highest BCUT2D eigenvalue weighted by molar-refractivity contribution is 14.1. The quantitative estimate of drug-likeness (QED) is 0.144. The summed E-state index contributed by atoms with van der Waals surface area (Å²) in [6.07, 6.45) is 4.43. The lowest BCUT2D eigenvalue weighted by Crippen LogP contribution is -2.22. The van der Waals surface area contributed by atoms with E-state index in [-0.39, 0.29) is 5.91 Å². The number of nitrogens with one attached hydrogen (secondary N) is 3. The molecule has 190 valence electrons. The Morgan fingerprint density at radius 1 is 0.947 bits per heavy atom. The fourth-order valence-corrected chi connectivity index (χ4v) is 4.36. The topological polar surface area (TPSA) is 125 Å². The average Bonchev–Trinajstić information content (AvgIpc) is 3.75. The maximum Gasteiger partial charge on any atom is 0.244 e. The van der Waals surface area contributed by atoms with E-state index in [9.17, 15) is 10.1 Å². The highest BCUT2D eigenvalue weighted by Crippen LogP contribution is 2.45. The van der Waals surface area contributed by atoms with Crippen LogP contribution in [0.3, 0.4) is 0 Å². The molecule has 1 aliphatic carbocycles. The number of halogens is 1. The molecule has 0 atom stereocenters. The van der Waals surface area contributed by atoms with Crippen LogP contribution in [0, 0.1) is 16.7 Å².